The Morgan fingerprint density at radius 3 is 2.41 bits per heavy atom. The molecule has 1 aliphatic heterocycles. The van der Waals surface area contributed by atoms with Crippen LogP contribution >= 0.6 is 0 Å². The second-order valence-electron chi connectivity index (χ2n) is 4.36. The van der Waals surface area contributed by atoms with E-state index in [9.17, 15) is 13.2 Å². The summed E-state index contributed by atoms with van der Waals surface area (Å²) in [7, 11) is 0. The molecule has 98 valence electrons. The Morgan fingerprint density at radius 1 is 1.41 bits per heavy atom. The van der Waals surface area contributed by atoms with Gasteiger partial charge in [0.25, 0.3) is 0 Å². The molecule has 0 radical (unpaired) electrons. The predicted octanol–water partition coefficient (Wildman–Crippen LogP) is 1.76. The molecule has 6 heteroatoms. The van der Waals surface area contributed by atoms with E-state index in [0.29, 0.717) is 26.2 Å². The van der Waals surface area contributed by atoms with Gasteiger partial charge in [-0.15, -0.1) is 0 Å². The van der Waals surface area contributed by atoms with Crippen LogP contribution in [-0.4, -0.2) is 43.3 Å². The molecule has 0 spiro atoms. The van der Waals surface area contributed by atoms with Crippen molar-refractivity contribution in [3.63, 3.8) is 0 Å². The van der Waals surface area contributed by atoms with Crippen molar-refractivity contribution in [2.45, 2.75) is 32.0 Å². The monoisotopic (exact) mass is 249 g/mol. The topological polar surface area (TPSA) is 39.1 Å². The largest absolute Gasteiger partial charge is 0.391 e. The number of halogens is 3. The van der Waals surface area contributed by atoms with Gasteiger partial charge in [0.2, 0.25) is 0 Å². The minimum absolute atomic E-state index is 0.147. The molecule has 17 heavy (non-hydrogen) atoms. The van der Waals surface area contributed by atoms with E-state index in [1.54, 1.807) is 0 Å². The van der Waals surface area contributed by atoms with E-state index in [2.05, 4.69) is 11.4 Å². The molecule has 1 N–H and O–H groups in total. The zero-order valence-electron chi connectivity index (χ0n) is 9.93. The van der Waals surface area contributed by atoms with Gasteiger partial charge in [0.15, 0.2) is 0 Å². The molecule has 0 amide bonds. The summed E-state index contributed by atoms with van der Waals surface area (Å²) in [4.78, 5) is 1.93. The van der Waals surface area contributed by atoms with Gasteiger partial charge in [-0.25, -0.2) is 0 Å². The molecule has 1 saturated heterocycles. The van der Waals surface area contributed by atoms with Crippen LogP contribution in [0.5, 0.6) is 0 Å². The number of nitriles is 1. The number of likely N-dealkylation sites (N-methyl/N-ethyl adjacent to an activating group) is 1. The molecule has 1 unspecified atom stereocenters. The molecule has 1 fully saturated rings. The summed E-state index contributed by atoms with van der Waals surface area (Å²) in [6.07, 6.45) is -3.77. The highest BCUT2D eigenvalue weighted by Crippen LogP contribution is 2.33. The lowest BCUT2D eigenvalue weighted by Gasteiger charge is -2.33. The fourth-order valence-corrected chi connectivity index (χ4v) is 2.10. The molecule has 0 bridgehead atoms. The zero-order chi connectivity index (χ0) is 12.9. The van der Waals surface area contributed by atoms with Crippen LogP contribution in [0.4, 0.5) is 13.2 Å². The first-order valence-electron chi connectivity index (χ1n) is 5.89. The number of hydrogen-bond acceptors (Lipinski definition) is 3. The molecule has 0 aromatic carbocycles. The van der Waals surface area contributed by atoms with Crippen LogP contribution < -0.4 is 5.32 Å². The number of nitrogens with zero attached hydrogens (tertiary/aromatic N) is 2. The average molecular weight is 249 g/mol. The van der Waals surface area contributed by atoms with Crippen molar-refractivity contribution in [2.24, 2.45) is 5.92 Å². The van der Waals surface area contributed by atoms with Crippen molar-refractivity contribution in [3.05, 3.63) is 0 Å². The lowest BCUT2D eigenvalue weighted by molar-refractivity contribution is -0.185. The highest BCUT2D eigenvalue weighted by molar-refractivity contribution is 4.92. The maximum absolute atomic E-state index is 12.4. The molecule has 1 rings (SSSR count). The second kappa shape index (κ2) is 6.22. The zero-order valence-corrected chi connectivity index (χ0v) is 9.93. The van der Waals surface area contributed by atoms with Crippen molar-refractivity contribution >= 4 is 0 Å². The molecule has 0 aliphatic carbocycles. The first-order chi connectivity index (χ1) is 7.97. The molecule has 0 aromatic rings. The van der Waals surface area contributed by atoms with Crippen molar-refractivity contribution in [1.82, 2.24) is 10.2 Å². The maximum atomic E-state index is 12.4. The Balaban J connectivity index is 2.35. The van der Waals surface area contributed by atoms with E-state index in [-0.39, 0.29) is 18.9 Å². The third kappa shape index (κ3) is 4.52. The van der Waals surface area contributed by atoms with Crippen LogP contribution in [0.25, 0.3) is 0 Å². The van der Waals surface area contributed by atoms with Crippen molar-refractivity contribution in [3.8, 4) is 6.07 Å². The quantitative estimate of drug-likeness (QED) is 0.825. The summed E-state index contributed by atoms with van der Waals surface area (Å²) in [5, 5.41) is 11.8. The van der Waals surface area contributed by atoms with Crippen LogP contribution in [0, 0.1) is 17.2 Å². The molecule has 3 nitrogen and oxygen atoms in total. The fraction of sp³-hybridized carbons (Fsp3) is 0.909. The van der Waals surface area contributed by atoms with Crippen molar-refractivity contribution < 1.29 is 13.2 Å². The Hall–Kier alpha value is -0.800. The molecule has 0 saturated carbocycles. The minimum Gasteiger partial charge on any atom is -0.301 e. The number of hydrogen-bond donors (Lipinski definition) is 1. The number of alkyl halides is 3. The number of piperidine rings is 1. The summed E-state index contributed by atoms with van der Waals surface area (Å²) in [6.45, 7) is 3.95. The van der Waals surface area contributed by atoms with E-state index in [0.717, 1.165) is 0 Å². The third-order valence-corrected chi connectivity index (χ3v) is 3.10. The molecule has 1 aliphatic rings. The summed E-state index contributed by atoms with van der Waals surface area (Å²) in [5.41, 5.74) is 0. The fourth-order valence-electron chi connectivity index (χ4n) is 2.10. The number of likely N-dealkylation sites (tertiary alicyclic amines) is 1. The summed E-state index contributed by atoms with van der Waals surface area (Å²) in [6, 6.07) is 1.83. The van der Waals surface area contributed by atoms with Crippen LogP contribution in [-0.2, 0) is 0 Å². The second-order valence-corrected chi connectivity index (χ2v) is 4.36. The summed E-state index contributed by atoms with van der Waals surface area (Å²) in [5.74, 6) is -1.17. The van der Waals surface area contributed by atoms with Gasteiger partial charge in [-0.1, -0.05) is 6.92 Å². The van der Waals surface area contributed by atoms with Gasteiger partial charge in [-0.3, -0.25) is 0 Å². The Bertz CT molecular complexity index is 264. The van der Waals surface area contributed by atoms with E-state index >= 15 is 0 Å². The molecule has 1 atom stereocenters. The lowest BCUT2D eigenvalue weighted by Crippen LogP contribution is -2.45. The molecule has 0 aromatic heterocycles. The highest BCUT2D eigenvalue weighted by atomic mass is 19.4. The van der Waals surface area contributed by atoms with Crippen LogP contribution in [0.1, 0.15) is 19.8 Å². The van der Waals surface area contributed by atoms with Gasteiger partial charge in [-0.2, -0.15) is 18.4 Å². The van der Waals surface area contributed by atoms with Gasteiger partial charge >= 0.3 is 6.18 Å². The Morgan fingerprint density at radius 2 is 2.00 bits per heavy atom. The SMILES string of the molecule is CCNC(C#N)CN1CCC(C(F)(F)F)CC1. The standard InChI is InChI=1S/C11H18F3N3/c1-2-16-10(7-15)8-17-5-3-9(4-6-17)11(12,13)14/h9-10,16H,2-6,8H2,1H3. The van der Waals surface area contributed by atoms with Crippen LogP contribution in [0.15, 0.2) is 0 Å². The predicted molar refractivity (Wildman–Crippen MR) is 58.3 cm³/mol. The smallest absolute Gasteiger partial charge is 0.301 e. The van der Waals surface area contributed by atoms with E-state index in [1.807, 2.05) is 11.8 Å². The van der Waals surface area contributed by atoms with E-state index in [4.69, 9.17) is 5.26 Å². The third-order valence-electron chi connectivity index (χ3n) is 3.10. The van der Waals surface area contributed by atoms with Gasteiger partial charge in [0, 0.05) is 6.54 Å². The lowest BCUT2D eigenvalue weighted by atomic mass is 9.96. The first kappa shape index (κ1) is 14.3. The van der Waals surface area contributed by atoms with Crippen molar-refractivity contribution in [1.29, 1.82) is 5.26 Å². The Kier molecular flexibility index (Phi) is 5.22. The highest BCUT2D eigenvalue weighted by Gasteiger charge is 2.41. The van der Waals surface area contributed by atoms with Gasteiger partial charge in [0.1, 0.15) is 6.04 Å². The first-order valence-corrected chi connectivity index (χ1v) is 5.89. The van der Waals surface area contributed by atoms with Gasteiger partial charge in [0.05, 0.1) is 12.0 Å². The number of rotatable bonds is 4. The number of nitrogens with one attached hydrogen (secondary N) is 1. The van der Waals surface area contributed by atoms with Gasteiger partial charge in [-0.05, 0) is 32.5 Å². The molecular formula is C11H18F3N3. The van der Waals surface area contributed by atoms with Crippen LogP contribution in [0.3, 0.4) is 0 Å². The molecule has 1 heterocycles. The summed E-state index contributed by atoms with van der Waals surface area (Å²) >= 11 is 0. The Labute approximate surface area is 99.6 Å². The van der Waals surface area contributed by atoms with E-state index < -0.39 is 12.1 Å². The van der Waals surface area contributed by atoms with Crippen LogP contribution in [0.2, 0.25) is 0 Å². The maximum Gasteiger partial charge on any atom is 0.391 e. The normalized spacial score (nSPS) is 21.1. The summed E-state index contributed by atoms with van der Waals surface area (Å²) < 4.78 is 37.3. The average Bonchev–Trinajstić information content (AvgIpc) is 2.28. The molecular weight excluding hydrogens is 231 g/mol. The van der Waals surface area contributed by atoms with E-state index in [1.165, 1.54) is 0 Å². The van der Waals surface area contributed by atoms with Crippen molar-refractivity contribution in [2.75, 3.05) is 26.2 Å². The minimum atomic E-state index is -4.07. The van der Waals surface area contributed by atoms with Gasteiger partial charge < -0.3 is 10.2 Å².